The first-order valence-corrected chi connectivity index (χ1v) is 24.4. The van der Waals surface area contributed by atoms with Crippen LogP contribution in [-0.2, 0) is 24.7 Å². The molecule has 3 aromatic heterocycles. The van der Waals surface area contributed by atoms with Gasteiger partial charge >= 0.3 is 24.7 Å². The molecule has 394 valence electrons. The van der Waals surface area contributed by atoms with Crippen molar-refractivity contribution in [2.75, 3.05) is 0 Å². The van der Waals surface area contributed by atoms with Gasteiger partial charge < -0.3 is 9.13 Å². The number of aromatic nitrogens is 4. The molecule has 3 heterocycles. The van der Waals surface area contributed by atoms with Crippen molar-refractivity contribution in [1.82, 2.24) is 19.1 Å². The van der Waals surface area contributed by atoms with Gasteiger partial charge in [0, 0.05) is 38.2 Å². The van der Waals surface area contributed by atoms with E-state index in [-0.39, 0.29) is 62.6 Å². The molecule has 9 aromatic carbocycles. The average Bonchev–Trinajstić information content (AvgIpc) is 4.08. The molecule has 17 heteroatoms. The number of alkyl halides is 12. The summed E-state index contributed by atoms with van der Waals surface area (Å²) in [5, 5.41) is 13.4. The molecule has 0 aliphatic rings. The molecule has 0 saturated carbocycles. The Kier molecular flexibility index (Phi) is 12.0. The number of nitrogens with zero attached hydrogens (tertiary/aromatic N) is 5. The zero-order valence-corrected chi connectivity index (χ0v) is 40.8. The van der Waals surface area contributed by atoms with Gasteiger partial charge in [0.2, 0.25) is 0 Å². The van der Waals surface area contributed by atoms with Crippen LogP contribution >= 0.6 is 0 Å². The normalized spacial score (nSPS) is 12.5. The number of nitriles is 1. The van der Waals surface area contributed by atoms with Gasteiger partial charge in [0.25, 0.3) is 0 Å². The zero-order valence-electron chi connectivity index (χ0n) is 40.8. The van der Waals surface area contributed by atoms with Crippen molar-refractivity contribution in [3.8, 4) is 73.6 Å². The molecule has 80 heavy (non-hydrogen) atoms. The van der Waals surface area contributed by atoms with Crippen molar-refractivity contribution in [3.05, 3.63) is 228 Å². The molecule has 0 saturated heterocycles. The van der Waals surface area contributed by atoms with Crippen LogP contribution in [0.15, 0.2) is 200 Å². The Balaban J connectivity index is 1.21. The molecule has 0 aliphatic heterocycles. The molecule has 12 rings (SSSR count). The molecule has 0 amide bonds. The maximum absolute atomic E-state index is 14.9. The van der Waals surface area contributed by atoms with Gasteiger partial charge in [0.15, 0.2) is 5.82 Å². The summed E-state index contributed by atoms with van der Waals surface area (Å²) < 4.78 is 176. The van der Waals surface area contributed by atoms with Crippen LogP contribution in [0.3, 0.4) is 0 Å². The minimum atomic E-state index is -5.24. The highest BCUT2D eigenvalue weighted by molar-refractivity contribution is 6.13. The lowest BCUT2D eigenvalue weighted by Crippen LogP contribution is -2.12. The van der Waals surface area contributed by atoms with E-state index in [1.807, 2.05) is 60.7 Å². The van der Waals surface area contributed by atoms with Gasteiger partial charge in [-0.05, 0) is 89.0 Å². The molecule has 0 fully saturated rings. The quantitative estimate of drug-likeness (QED) is 0.149. The fourth-order valence-corrected chi connectivity index (χ4v) is 10.5. The predicted molar refractivity (Wildman–Crippen MR) is 283 cm³/mol. The highest BCUT2D eigenvalue weighted by atomic mass is 19.4. The Labute approximate surface area is 445 Å². The zero-order chi connectivity index (χ0) is 56.0. The summed E-state index contributed by atoms with van der Waals surface area (Å²) in [4.78, 5) is 10.1. The van der Waals surface area contributed by atoms with Crippen LogP contribution in [0.2, 0.25) is 0 Å². The topological polar surface area (TPSA) is 59.4 Å². The number of fused-ring (bicyclic) bond motifs is 6. The summed E-state index contributed by atoms with van der Waals surface area (Å²) in [6.45, 7) is 0. The Hall–Kier alpha value is -9.69. The number of hydrogen-bond donors (Lipinski definition) is 0. The van der Waals surface area contributed by atoms with Gasteiger partial charge in [-0.3, -0.25) is 0 Å². The summed E-state index contributed by atoms with van der Waals surface area (Å²) >= 11 is 0. The van der Waals surface area contributed by atoms with Crippen molar-refractivity contribution >= 4 is 43.6 Å². The van der Waals surface area contributed by atoms with E-state index in [0.717, 1.165) is 12.1 Å². The molecule has 0 unspecified atom stereocenters. The molecule has 12 aromatic rings. The third-order valence-corrected chi connectivity index (χ3v) is 14.1. The molecule has 0 radical (unpaired) electrons. The molecule has 5 nitrogen and oxygen atoms in total. The van der Waals surface area contributed by atoms with Crippen molar-refractivity contribution in [2.24, 2.45) is 0 Å². The second-order valence-corrected chi connectivity index (χ2v) is 18.9. The van der Waals surface area contributed by atoms with Crippen molar-refractivity contribution < 1.29 is 52.7 Å². The van der Waals surface area contributed by atoms with E-state index in [9.17, 15) is 57.9 Å². The summed E-state index contributed by atoms with van der Waals surface area (Å²) in [7, 11) is 0. The molecule has 0 spiro atoms. The first-order chi connectivity index (χ1) is 38.2. The summed E-state index contributed by atoms with van der Waals surface area (Å²) in [6.07, 6.45) is -20.7. The summed E-state index contributed by atoms with van der Waals surface area (Å²) in [5.74, 6) is 0.0714. The van der Waals surface area contributed by atoms with E-state index in [1.54, 1.807) is 81.9 Å². The van der Waals surface area contributed by atoms with Crippen molar-refractivity contribution in [1.29, 1.82) is 5.26 Å². The second kappa shape index (κ2) is 18.8. The lowest BCUT2D eigenvalue weighted by atomic mass is 9.96. The number of para-hydroxylation sites is 2. The van der Waals surface area contributed by atoms with Crippen LogP contribution in [0.4, 0.5) is 52.7 Å². The smallest absolute Gasteiger partial charge is 0.307 e. The highest BCUT2D eigenvalue weighted by Crippen LogP contribution is 2.47. The van der Waals surface area contributed by atoms with Gasteiger partial charge in [-0.1, -0.05) is 133 Å². The Morgan fingerprint density at radius 3 is 1.15 bits per heavy atom. The fraction of sp³-hybridized carbons (Fsp3) is 0.0635. The number of halogens is 12. The number of rotatable bonds is 7. The number of hydrogen-bond acceptors (Lipinski definition) is 3. The first kappa shape index (κ1) is 51.1. The maximum Gasteiger partial charge on any atom is 0.417 e. The van der Waals surface area contributed by atoms with Gasteiger partial charge in [-0.25, -0.2) is 9.97 Å². The minimum Gasteiger partial charge on any atom is -0.307 e. The lowest BCUT2D eigenvalue weighted by molar-refractivity contribution is -0.144. The predicted octanol–water partition coefficient (Wildman–Crippen LogP) is 19.0. The molecule has 0 N–H and O–H groups in total. The molecule has 0 aliphatic carbocycles. The molecule has 0 bridgehead atoms. The Morgan fingerprint density at radius 1 is 0.338 bits per heavy atom. The number of benzene rings is 9. The first-order valence-electron chi connectivity index (χ1n) is 24.4. The van der Waals surface area contributed by atoms with E-state index < -0.39 is 58.1 Å². The van der Waals surface area contributed by atoms with Crippen LogP contribution in [0.1, 0.15) is 27.8 Å². The van der Waals surface area contributed by atoms with Gasteiger partial charge in [0.05, 0.1) is 78.7 Å². The van der Waals surface area contributed by atoms with E-state index in [0.29, 0.717) is 67.2 Å². The highest BCUT2D eigenvalue weighted by Gasteiger charge is 2.40. The minimum absolute atomic E-state index is 0.00168. The van der Waals surface area contributed by atoms with Crippen LogP contribution < -0.4 is 0 Å². The van der Waals surface area contributed by atoms with E-state index in [2.05, 4.69) is 6.07 Å². The van der Waals surface area contributed by atoms with E-state index in [1.165, 1.54) is 30.3 Å². The third kappa shape index (κ3) is 8.92. The standard InChI is InChI=1S/C63H33F12N5/c64-60(65,66)40-21-25-42(49(30-40)62(70,71)72)37-19-23-46-44-15-7-9-17-53(44)79(55(46)27-37)57-29-39(34-76)48(59-77-51(35-11-3-1-4-12-35)33-52(78-59)36-13-5-2-6-14-36)32-58(57)80-54-18-10-8-16-45(54)47-24-20-38(28-56(47)80)43-26-22-41(61(67,68)69)31-50(43)63(73,74)75/h1-33H. The van der Waals surface area contributed by atoms with Gasteiger partial charge in [0.1, 0.15) is 0 Å². The van der Waals surface area contributed by atoms with Crippen LogP contribution in [0.25, 0.3) is 111 Å². The van der Waals surface area contributed by atoms with Crippen LogP contribution in [-0.4, -0.2) is 19.1 Å². The van der Waals surface area contributed by atoms with Crippen molar-refractivity contribution in [3.63, 3.8) is 0 Å². The van der Waals surface area contributed by atoms with Crippen molar-refractivity contribution in [2.45, 2.75) is 24.7 Å². The average molecular weight is 1090 g/mol. The summed E-state index contributed by atoms with van der Waals surface area (Å²) in [5.41, 5.74) is -3.09. The van der Waals surface area contributed by atoms with Crippen LogP contribution in [0.5, 0.6) is 0 Å². The monoisotopic (exact) mass is 1090 g/mol. The van der Waals surface area contributed by atoms with Crippen LogP contribution in [0, 0.1) is 11.3 Å². The fourth-order valence-electron chi connectivity index (χ4n) is 10.5. The van der Waals surface area contributed by atoms with E-state index in [4.69, 9.17) is 9.97 Å². The Morgan fingerprint density at radius 2 is 0.738 bits per heavy atom. The lowest BCUT2D eigenvalue weighted by Gasteiger charge is -2.20. The molecule has 0 atom stereocenters. The SMILES string of the molecule is N#Cc1cc(-n2c3ccccc3c3ccc(-c4ccc(C(F)(F)F)cc4C(F)(F)F)cc32)c(-n2c3ccccc3c3ccc(-c4ccc(C(F)(F)F)cc4C(F)(F)F)cc32)cc1-c1nc(-c2ccccc2)cc(-c2ccccc2)n1. The largest absolute Gasteiger partial charge is 0.417 e. The Bertz CT molecular complexity index is 4430. The third-order valence-electron chi connectivity index (χ3n) is 14.1. The van der Waals surface area contributed by atoms with Gasteiger partial charge in [-0.2, -0.15) is 57.9 Å². The second-order valence-electron chi connectivity index (χ2n) is 18.9. The van der Waals surface area contributed by atoms with Gasteiger partial charge in [-0.15, -0.1) is 0 Å². The van der Waals surface area contributed by atoms with E-state index >= 15 is 0 Å². The summed E-state index contributed by atoms with van der Waals surface area (Å²) in [6, 6.07) is 50.9. The molecular formula is C63H33F12N5. The molecular weight excluding hydrogens is 1050 g/mol. The maximum atomic E-state index is 14.9.